The maximum Gasteiger partial charge on any atom is 0.0730 e. The summed E-state index contributed by atoms with van der Waals surface area (Å²) in [7, 11) is 0. The normalized spacial score (nSPS) is 37.6. The molecular formula is C17H33NO. The zero-order chi connectivity index (χ0) is 14.0. The molecule has 2 nitrogen and oxygen atoms in total. The van der Waals surface area contributed by atoms with Crippen LogP contribution in [0.5, 0.6) is 0 Å². The Kier molecular flexibility index (Phi) is 4.94. The predicted molar refractivity (Wildman–Crippen MR) is 81.3 cm³/mol. The van der Waals surface area contributed by atoms with Crippen molar-refractivity contribution in [2.45, 2.75) is 72.4 Å². The molecule has 112 valence electrons. The zero-order valence-corrected chi connectivity index (χ0v) is 13.5. The van der Waals surface area contributed by atoms with E-state index in [0.29, 0.717) is 17.6 Å². The van der Waals surface area contributed by atoms with Gasteiger partial charge in [-0.3, -0.25) is 0 Å². The van der Waals surface area contributed by atoms with Crippen molar-refractivity contribution in [2.75, 3.05) is 13.2 Å². The largest absolute Gasteiger partial charge is 0.377 e. The van der Waals surface area contributed by atoms with Crippen LogP contribution in [0, 0.1) is 23.2 Å². The quantitative estimate of drug-likeness (QED) is 0.820. The average Bonchev–Trinajstić information content (AvgIpc) is 2.38. The van der Waals surface area contributed by atoms with Gasteiger partial charge in [0, 0.05) is 12.6 Å². The SMILES string of the molecule is CC(C)C1CCNC(C2CC(C(C)(C)C)CCO2)C1. The monoisotopic (exact) mass is 267 g/mol. The average molecular weight is 267 g/mol. The minimum atomic E-state index is 0.425. The second kappa shape index (κ2) is 6.13. The highest BCUT2D eigenvalue weighted by Crippen LogP contribution is 2.38. The fraction of sp³-hybridized carbons (Fsp3) is 1.00. The lowest BCUT2D eigenvalue weighted by Crippen LogP contribution is -2.50. The summed E-state index contributed by atoms with van der Waals surface area (Å²) in [5.41, 5.74) is 0.425. The van der Waals surface area contributed by atoms with Crippen LogP contribution in [-0.4, -0.2) is 25.3 Å². The van der Waals surface area contributed by atoms with E-state index >= 15 is 0 Å². The van der Waals surface area contributed by atoms with Crippen LogP contribution in [0.2, 0.25) is 0 Å². The number of ether oxygens (including phenoxy) is 1. The zero-order valence-electron chi connectivity index (χ0n) is 13.5. The van der Waals surface area contributed by atoms with Gasteiger partial charge in [0.05, 0.1) is 6.10 Å². The van der Waals surface area contributed by atoms with Crippen molar-refractivity contribution < 1.29 is 4.74 Å². The first-order chi connectivity index (χ1) is 8.88. The second-order valence-corrected chi connectivity index (χ2v) is 8.09. The Labute approximate surface area is 119 Å². The first-order valence-electron chi connectivity index (χ1n) is 8.23. The van der Waals surface area contributed by atoms with Gasteiger partial charge in [-0.2, -0.15) is 0 Å². The van der Waals surface area contributed by atoms with Gasteiger partial charge in [-0.05, 0) is 55.4 Å². The smallest absolute Gasteiger partial charge is 0.0730 e. The third-order valence-corrected chi connectivity index (χ3v) is 5.41. The standard InChI is InChI=1S/C17H33NO/c1-12(2)13-6-8-18-15(10-13)16-11-14(7-9-19-16)17(3,4)5/h12-16,18H,6-11H2,1-5H3. The van der Waals surface area contributed by atoms with Crippen molar-refractivity contribution >= 4 is 0 Å². The van der Waals surface area contributed by atoms with E-state index in [1.54, 1.807) is 0 Å². The Bertz CT molecular complexity index is 281. The molecular weight excluding hydrogens is 234 g/mol. The van der Waals surface area contributed by atoms with E-state index in [1.165, 1.54) is 32.2 Å². The van der Waals surface area contributed by atoms with Crippen LogP contribution in [-0.2, 0) is 4.74 Å². The van der Waals surface area contributed by atoms with E-state index < -0.39 is 0 Å². The fourth-order valence-corrected chi connectivity index (χ4v) is 3.77. The van der Waals surface area contributed by atoms with Crippen LogP contribution < -0.4 is 5.32 Å². The Morgan fingerprint density at radius 2 is 1.84 bits per heavy atom. The summed E-state index contributed by atoms with van der Waals surface area (Å²) in [4.78, 5) is 0. The maximum absolute atomic E-state index is 6.11. The van der Waals surface area contributed by atoms with E-state index in [2.05, 4.69) is 39.9 Å². The van der Waals surface area contributed by atoms with Gasteiger partial charge in [0.25, 0.3) is 0 Å². The minimum Gasteiger partial charge on any atom is -0.377 e. The molecule has 4 atom stereocenters. The predicted octanol–water partition coefficient (Wildman–Crippen LogP) is 3.85. The van der Waals surface area contributed by atoms with Crippen LogP contribution in [0.4, 0.5) is 0 Å². The van der Waals surface area contributed by atoms with Gasteiger partial charge in [0.1, 0.15) is 0 Å². The van der Waals surface area contributed by atoms with E-state index in [9.17, 15) is 0 Å². The fourth-order valence-electron chi connectivity index (χ4n) is 3.77. The number of nitrogens with one attached hydrogen (secondary N) is 1. The van der Waals surface area contributed by atoms with Crippen molar-refractivity contribution in [1.82, 2.24) is 5.32 Å². The van der Waals surface area contributed by atoms with Crippen LogP contribution in [0.1, 0.15) is 60.3 Å². The summed E-state index contributed by atoms with van der Waals surface area (Å²) in [6, 6.07) is 0.589. The Hall–Kier alpha value is -0.0800. The number of hydrogen-bond acceptors (Lipinski definition) is 2. The number of rotatable bonds is 2. The highest BCUT2D eigenvalue weighted by atomic mass is 16.5. The lowest BCUT2D eigenvalue weighted by molar-refractivity contribution is -0.0605. The molecule has 1 N–H and O–H groups in total. The Balaban J connectivity index is 1.93. The third-order valence-electron chi connectivity index (χ3n) is 5.41. The molecule has 2 saturated heterocycles. The van der Waals surface area contributed by atoms with Crippen molar-refractivity contribution in [1.29, 1.82) is 0 Å². The van der Waals surface area contributed by atoms with Crippen molar-refractivity contribution in [3.8, 4) is 0 Å². The van der Waals surface area contributed by atoms with Gasteiger partial charge in [0.15, 0.2) is 0 Å². The van der Waals surface area contributed by atoms with Crippen molar-refractivity contribution in [2.24, 2.45) is 23.2 Å². The van der Waals surface area contributed by atoms with Gasteiger partial charge in [-0.15, -0.1) is 0 Å². The summed E-state index contributed by atoms with van der Waals surface area (Å²) < 4.78 is 6.11. The lowest BCUT2D eigenvalue weighted by Gasteiger charge is -2.43. The molecule has 0 aromatic heterocycles. The van der Waals surface area contributed by atoms with Crippen molar-refractivity contribution in [3.63, 3.8) is 0 Å². The molecule has 0 amide bonds. The number of piperidine rings is 1. The molecule has 4 unspecified atom stereocenters. The molecule has 0 bridgehead atoms. The Morgan fingerprint density at radius 3 is 2.47 bits per heavy atom. The van der Waals surface area contributed by atoms with Crippen molar-refractivity contribution in [3.05, 3.63) is 0 Å². The molecule has 19 heavy (non-hydrogen) atoms. The molecule has 0 aromatic carbocycles. The summed E-state index contributed by atoms with van der Waals surface area (Å²) in [5, 5.41) is 3.72. The molecule has 0 spiro atoms. The molecule has 0 radical (unpaired) electrons. The summed E-state index contributed by atoms with van der Waals surface area (Å²) >= 11 is 0. The maximum atomic E-state index is 6.11. The summed E-state index contributed by atoms with van der Waals surface area (Å²) in [6.45, 7) is 14.0. The summed E-state index contributed by atoms with van der Waals surface area (Å²) in [5.74, 6) is 2.50. The van der Waals surface area contributed by atoms with Gasteiger partial charge in [-0.25, -0.2) is 0 Å². The first-order valence-corrected chi connectivity index (χ1v) is 8.23. The molecule has 2 aliphatic heterocycles. The molecule has 2 rings (SSSR count). The highest BCUT2D eigenvalue weighted by Gasteiger charge is 2.37. The topological polar surface area (TPSA) is 21.3 Å². The summed E-state index contributed by atoms with van der Waals surface area (Å²) in [6.07, 6.45) is 5.56. The molecule has 0 aromatic rings. The van der Waals surface area contributed by atoms with E-state index in [-0.39, 0.29) is 0 Å². The number of hydrogen-bond donors (Lipinski definition) is 1. The molecule has 2 heteroatoms. The molecule has 0 aliphatic carbocycles. The minimum absolute atomic E-state index is 0.425. The van der Waals surface area contributed by atoms with E-state index in [1.807, 2.05) is 0 Å². The lowest BCUT2D eigenvalue weighted by atomic mass is 9.72. The highest BCUT2D eigenvalue weighted by molar-refractivity contribution is 4.90. The van der Waals surface area contributed by atoms with Crippen LogP contribution in [0.3, 0.4) is 0 Å². The molecule has 0 saturated carbocycles. The van der Waals surface area contributed by atoms with Crippen LogP contribution in [0.25, 0.3) is 0 Å². The van der Waals surface area contributed by atoms with Crippen LogP contribution >= 0.6 is 0 Å². The van der Waals surface area contributed by atoms with E-state index in [4.69, 9.17) is 4.74 Å². The Morgan fingerprint density at radius 1 is 1.11 bits per heavy atom. The molecule has 2 heterocycles. The van der Waals surface area contributed by atoms with Gasteiger partial charge in [0.2, 0.25) is 0 Å². The van der Waals surface area contributed by atoms with Gasteiger partial charge < -0.3 is 10.1 Å². The second-order valence-electron chi connectivity index (χ2n) is 8.09. The first kappa shape index (κ1) is 15.3. The van der Waals surface area contributed by atoms with E-state index in [0.717, 1.165) is 24.4 Å². The molecule has 2 fully saturated rings. The molecule has 2 aliphatic rings. The van der Waals surface area contributed by atoms with Gasteiger partial charge >= 0.3 is 0 Å². The van der Waals surface area contributed by atoms with Gasteiger partial charge in [-0.1, -0.05) is 34.6 Å². The third kappa shape index (κ3) is 3.95. The van der Waals surface area contributed by atoms with Crippen LogP contribution in [0.15, 0.2) is 0 Å².